The maximum atomic E-state index is 5.38. The molecule has 1 aromatic heterocycles. The second-order valence-corrected chi connectivity index (χ2v) is 4.67. The van der Waals surface area contributed by atoms with Gasteiger partial charge in [-0.15, -0.1) is 0 Å². The number of aromatic nitrogens is 1. The van der Waals surface area contributed by atoms with Gasteiger partial charge in [0.05, 0.1) is 12.8 Å². The quantitative estimate of drug-likeness (QED) is 0.891. The molecule has 3 heteroatoms. The van der Waals surface area contributed by atoms with Gasteiger partial charge in [0.25, 0.3) is 0 Å². The van der Waals surface area contributed by atoms with Crippen molar-refractivity contribution in [3.8, 4) is 5.75 Å². The summed E-state index contributed by atoms with van der Waals surface area (Å²) >= 11 is 0. The molecule has 3 nitrogen and oxygen atoms in total. The average Bonchev–Trinajstić information content (AvgIpc) is 2.46. The number of benzene rings is 1. The maximum absolute atomic E-state index is 5.38. The first-order chi connectivity index (χ1) is 9.20. The van der Waals surface area contributed by atoms with Gasteiger partial charge in [0, 0.05) is 24.3 Å². The summed E-state index contributed by atoms with van der Waals surface area (Å²) in [5.74, 6) is 0.923. The van der Waals surface area contributed by atoms with Crippen molar-refractivity contribution >= 4 is 0 Å². The van der Waals surface area contributed by atoms with Crippen LogP contribution < -0.4 is 10.1 Å². The first-order valence-electron chi connectivity index (χ1n) is 6.48. The highest BCUT2D eigenvalue weighted by atomic mass is 16.5. The summed E-state index contributed by atoms with van der Waals surface area (Å²) < 4.78 is 5.38. The molecule has 2 rings (SSSR count). The molecule has 1 heterocycles. The summed E-state index contributed by atoms with van der Waals surface area (Å²) in [5.41, 5.74) is 3.46. The Bertz CT molecular complexity index is 526. The minimum Gasteiger partial charge on any atom is -0.496 e. The first kappa shape index (κ1) is 13.6. The van der Waals surface area contributed by atoms with Crippen LogP contribution in [0.4, 0.5) is 0 Å². The van der Waals surface area contributed by atoms with Crippen LogP contribution in [0.2, 0.25) is 0 Å². The summed E-state index contributed by atoms with van der Waals surface area (Å²) in [6.45, 7) is 4.97. The first-order valence-corrected chi connectivity index (χ1v) is 6.48. The van der Waals surface area contributed by atoms with E-state index in [0.717, 1.165) is 18.0 Å². The lowest BCUT2D eigenvalue weighted by Crippen LogP contribution is -2.19. The molecule has 2 aromatic rings. The predicted octanol–water partition coefficient (Wildman–Crippen LogP) is 3.25. The number of rotatable bonds is 5. The molecule has 0 aliphatic heterocycles. The van der Waals surface area contributed by atoms with E-state index in [9.17, 15) is 0 Å². The number of hydrogen-bond acceptors (Lipinski definition) is 3. The molecule has 0 amide bonds. The standard InChI is InChI=1S/C16H20N2O/c1-12-7-8-16(19-3)14(10-12)11-18-13(2)15-6-4-5-9-17-15/h4-10,13,18H,11H2,1-3H3/t13-/m0/s1. The largest absolute Gasteiger partial charge is 0.496 e. The fraction of sp³-hybridized carbons (Fsp3) is 0.312. The minimum absolute atomic E-state index is 0.214. The molecule has 0 bridgehead atoms. The molecule has 0 fully saturated rings. The van der Waals surface area contributed by atoms with E-state index < -0.39 is 0 Å². The lowest BCUT2D eigenvalue weighted by atomic mass is 10.1. The van der Waals surface area contributed by atoms with Crippen LogP contribution in [0.3, 0.4) is 0 Å². The van der Waals surface area contributed by atoms with Gasteiger partial charge in [0.2, 0.25) is 0 Å². The molecular weight excluding hydrogens is 236 g/mol. The summed E-state index contributed by atoms with van der Waals surface area (Å²) in [4.78, 5) is 4.36. The number of nitrogens with zero attached hydrogens (tertiary/aromatic N) is 1. The molecule has 1 aromatic carbocycles. The van der Waals surface area contributed by atoms with Crippen molar-refractivity contribution in [2.45, 2.75) is 26.4 Å². The SMILES string of the molecule is COc1ccc(C)cc1CN[C@@H](C)c1ccccn1. The Balaban J connectivity index is 2.04. The highest BCUT2D eigenvalue weighted by Gasteiger charge is 2.08. The molecule has 1 atom stereocenters. The molecule has 100 valence electrons. The van der Waals surface area contributed by atoms with E-state index in [4.69, 9.17) is 4.74 Å². The van der Waals surface area contributed by atoms with E-state index in [2.05, 4.69) is 36.3 Å². The highest BCUT2D eigenvalue weighted by Crippen LogP contribution is 2.20. The van der Waals surface area contributed by atoms with Gasteiger partial charge in [-0.25, -0.2) is 0 Å². The Morgan fingerprint density at radius 2 is 2.11 bits per heavy atom. The van der Waals surface area contributed by atoms with Crippen LogP contribution in [0.5, 0.6) is 5.75 Å². The van der Waals surface area contributed by atoms with Gasteiger partial charge in [0.1, 0.15) is 5.75 Å². The second-order valence-electron chi connectivity index (χ2n) is 4.67. The van der Waals surface area contributed by atoms with Crippen molar-refractivity contribution in [2.75, 3.05) is 7.11 Å². The molecule has 0 spiro atoms. The predicted molar refractivity (Wildman–Crippen MR) is 77.2 cm³/mol. The van der Waals surface area contributed by atoms with Crippen LogP contribution in [0.25, 0.3) is 0 Å². The van der Waals surface area contributed by atoms with Gasteiger partial charge in [-0.3, -0.25) is 4.98 Å². The smallest absolute Gasteiger partial charge is 0.123 e. The van der Waals surface area contributed by atoms with Crippen molar-refractivity contribution in [1.29, 1.82) is 0 Å². The second kappa shape index (κ2) is 6.34. The molecule has 0 aliphatic rings. The molecule has 0 saturated heterocycles. The van der Waals surface area contributed by atoms with Crippen LogP contribution >= 0.6 is 0 Å². The van der Waals surface area contributed by atoms with E-state index >= 15 is 0 Å². The van der Waals surface area contributed by atoms with E-state index in [0.29, 0.717) is 0 Å². The molecule has 1 N–H and O–H groups in total. The molecule has 0 saturated carbocycles. The summed E-state index contributed by atoms with van der Waals surface area (Å²) in [7, 11) is 1.70. The number of hydrogen-bond donors (Lipinski definition) is 1. The number of aryl methyl sites for hydroxylation is 1. The van der Waals surface area contributed by atoms with Crippen LogP contribution in [0, 0.1) is 6.92 Å². The number of ether oxygens (including phenoxy) is 1. The van der Waals surface area contributed by atoms with Crippen LogP contribution in [-0.2, 0) is 6.54 Å². The van der Waals surface area contributed by atoms with E-state index in [-0.39, 0.29) is 6.04 Å². The van der Waals surface area contributed by atoms with Crippen LogP contribution in [0.15, 0.2) is 42.6 Å². The van der Waals surface area contributed by atoms with Crippen molar-refractivity contribution in [3.05, 3.63) is 59.4 Å². The zero-order valence-electron chi connectivity index (χ0n) is 11.7. The summed E-state index contributed by atoms with van der Waals surface area (Å²) in [6, 6.07) is 12.4. The van der Waals surface area contributed by atoms with Gasteiger partial charge >= 0.3 is 0 Å². The molecule has 0 aliphatic carbocycles. The van der Waals surface area contributed by atoms with E-state index in [1.54, 1.807) is 7.11 Å². The summed E-state index contributed by atoms with van der Waals surface area (Å²) in [6.07, 6.45) is 1.82. The Hall–Kier alpha value is -1.87. The maximum Gasteiger partial charge on any atom is 0.123 e. The van der Waals surface area contributed by atoms with Gasteiger partial charge < -0.3 is 10.1 Å². The fourth-order valence-corrected chi connectivity index (χ4v) is 2.05. The van der Waals surface area contributed by atoms with Crippen molar-refractivity contribution < 1.29 is 4.74 Å². The Morgan fingerprint density at radius 1 is 1.26 bits per heavy atom. The molecule has 19 heavy (non-hydrogen) atoms. The number of methoxy groups -OCH3 is 1. The average molecular weight is 256 g/mol. The summed E-state index contributed by atoms with van der Waals surface area (Å²) in [5, 5.41) is 3.47. The van der Waals surface area contributed by atoms with Gasteiger partial charge in [-0.1, -0.05) is 23.8 Å². The highest BCUT2D eigenvalue weighted by molar-refractivity contribution is 5.36. The minimum atomic E-state index is 0.214. The molecule has 0 unspecified atom stereocenters. The Kier molecular flexibility index (Phi) is 4.53. The van der Waals surface area contributed by atoms with Gasteiger partial charge in [-0.2, -0.15) is 0 Å². The van der Waals surface area contributed by atoms with Gasteiger partial charge in [0.15, 0.2) is 0 Å². The monoisotopic (exact) mass is 256 g/mol. The van der Waals surface area contributed by atoms with E-state index in [1.807, 2.05) is 30.5 Å². The molecule has 0 radical (unpaired) electrons. The van der Waals surface area contributed by atoms with Crippen molar-refractivity contribution in [1.82, 2.24) is 10.3 Å². The van der Waals surface area contributed by atoms with Crippen LogP contribution in [-0.4, -0.2) is 12.1 Å². The normalized spacial score (nSPS) is 12.2. The van der Waals surface area contributed by atoms with E-state index in [1.165, 1.54) is 11.1 Å². The zero-order valence-corrected chi connectivity index (χ0v) is 11.7. The fourth-order valence-electron chi connectivity index (χ4n) is 2.05. The zero-order chi connectivity index (χ0) is 13.7. The van der Waals surface area contributed by atoms with Gasteiger partial charge in [-0.05, 0) is 32.0 Å². The van der Waals surface area contributed by atoms with Crippen LogP contribution in [0.1, 0.15) is 29.8 Å². The lowest BCUT2D eigenvalue weighted by Gasteiger charge is -2.15. The third-order valence-corrected chi connectivity index (χ3v) is 3.17. The third-order valence-electron chi connectivity index (χ3n) is 3.17. The third kappa shape index (κ3) is 3.55. The molecular formula is C16H20N2O. The lowest BCUT2D eigenvalue weighted by molar-refractivity contribution is 0.405. The Labute approximate surface area is 114 Å². The van der Waals surface area contributed by atoms with Crippen molar-refractivity contribution in [3.63, 3.8) is 0 Å². The number of nitrogens with one attached hydrogen (secondary N) is 1. The Morgan fingerprint density at radius 3 is 2.79 bits per heavy atom. The van der Waals surface area contributed by atoms with Crippen molar-refractivity contribution in [2.24, 2.45) is 0 Å². The number of pyridine rings is 1. The topological polar surface area (TPSA) is 34.1 Å².